The fraction of sp³-hybridized carbons (Fsp3) is 0.608. The van der Waals surface area contributed by atoms with Crippen LogP contribution in [0.2, 0.25) is 5.02 Å². The van der Waals surface area contributed by atoms with Crippen molar-refractivity contribution < 1.29 is 0 Å². The van der Waals surface area contributed by atoms with Gasteiger partial charge in [0.15, 0.2) is 0 Å². The van der Waals surface area contributed by atoms with Crippen LogP contribution in [-0.2, 0) is 6.42 Å². The number of piperidine rings is 2. The highest BCUT2D eigenvalue weighted by molar-refractivity contribution is 6.31. The van der Waals surface area contributed by atoms with Crippen molar-refractivity contribution in [1.29, 1.82) is 0 Å². The van der Waals surface area contributed by atoms with Crippen molar-refractivity contribution in [1.82, 2.24) is 9.80 Å². The highest BCUT2D eigenvalue weighted by atomic mass is 35.5. The molecule has 3 heteroatoms. The Morgan fingerprint density at radius 1 is 0.574 bits per heavy atom. The predicted octanol–water partition coefficient (Wildman–Crippen LogP) is 14.0. The largest absolute Gasteiger partial charge is 0.303 e. The summed E-state index contributed by atoms with van der Waals surface area (Å²) in [5.41, 5.74) is 7.98. The van der Waals surface area contributed by atoms with Crippen LogP contribution in [0.3, 0.4) is 0 Å². The number of hydrogen-bond donors (Lipinski definition) is 0. The average molecular weight is 748 g/mol. The quantitative estimate of drug-likeness (QED) is 0.204. The van der Waals surface area contributed by atoms with E-state index >= 15 is 0 Å². The first-order valence-electron chi connectivity index (χ1n) is 22.7. The summed E-state index contributed by atoms with van der Waals surface area (Å²) in [6, 6.07) is 27.4. The van der Waals surface area contributed by atoms with E-state index in [-0.39, 0.29) is 0 Å². The van der Waals surface area contributed by atoms with Crippen LogP contribution in [-0.4, -0.2) is 49.1 Å². The fourth-order valence-corrected chi connectivity index (χ4v) is 11.2. The van der Waals surface area contributed by atoms with Crippen molar-refractivity contribution >= 4 is 17.7 Å². The minimum absolute atomic E-state index is 0.685. The van der Waals surface area contributed by atoms with E-state index in [0.717, 1.165) is 23.4 Å². The predicted molar refractivity (Wildman–Crippen MR) is 233 cm³/mol. The first kappa shape index (κ1) is 39.8. The molecule has 3 aromatic carbocycles. The molecule has 5 fully saturated rings. The highest BCUT2D eigenvalue weighted by Crippen LogP contribution is 2.44. The first-order chi connectivity index (χ1) is 26.6. The molecule has 0 aromatic heterocycles. The molecule has 1 spiro atoms. The SMILES string of the molecule is Clc1cc(/C=C\CN2CCC3(CCCCC3)CC2)ccc1C1CCCCC1.c1ccc(C2CCN(CCCc3ccc(C4CCCCC4)cc3)CC2)cc1. The van der Waals surface area contributed by atoms with Crippen molar-refractivity contribution in [3.8, 4) is 0 Å². The van der Waals surface area contributed by atoms with Crippen LogP contribution in [0.1, 0.15) is 174 Å². The Balaban J connectivity index is 0.000000167. The topological polar surface area (TPSA) is 6.48 Å². The Morgan fingerprint density at radius 2 is 1.19 bits per heavy atom. The molecule has 0 atom stereocenters. The highest BCUT2D eigenvalue weighted by Gasteiger charge is 2.35. The normalized spacial score (nSPS) is 22.3. The molecule has 0 N–H and O–H groups in total. The Hall–Kier alpha value is -2.39. The van der Waals surface area contributed by atoms with Crippen molar-refractivity contribution in [3.63, 3.8) is 0 Å². The van der Waals surface area contributed by atoms with Gasteiger partial charge >= 0.3 is 0 Å². The van der Waals surface area contributed by atoms with Gasteiger partial charge in [0.2, 0.25) is 0 Å². The molecule has 2 nitrogen and oxygen atoms in total. The fourth-order valence-electron chi connectivity index (χ4n) is 10.9. The molecule has 3 aromatic rings. The zero-order valence-electron chi connectivity index (χ0n) is 33.7. The zero-order valence-corrected chi connectivity index (χ0v) is 34.4. The van der Waals surface area contributed by atoms with Gasteiger partial charge in [-0.25, -0.2) is 0 Å². The number of benzene rings is 3. The monoisotopic (exact) mass is 747 g/mol. The summed E-state index contributed by atoms with van der Waals surface area (Å²) >= 11 is 6.63. The van der Waals surface area contributed by atoms with E-state index in [1.165, 1.54) is 190 Å². The van der Waals surface area contributed by atoms with E-state index in [1.54, 1.807) is 5.56 Å². The molecule has 54 heavy (non-hydrogen) atoms. The maximum absolute atomic E-state index is 6.63. The second-order valence-electron chi connectivity index (χ2n) is 18.1. The second kappa shape index (κ2) is 20.7. The molecule has 0 bridgehead atoms. The number of hydrogen-bond acceptors (Lipinski definition) is 2. The minimum Gasteiger partial charge on any atom is -0.303 e. The van der Waals surface area contributed by atoms with Crippen molar-refractivity contribution in [2.75, 3.05) is 39.3 Å². The lowest BCUT2D eigenvalue weighted by Gasteiger charge is -2.44. The average Bonchev–Trinajstić information content (AvgIpc) is 3.24. The Kier molecular flexibility index (Phi) is 15.3. The van der Waals surface area contributed by atoms with Gasteiger partial charge in [0.25, 0.3) is 0 Å². The van der Waals surface area contributed by atoms with Gasteiger partial charge in [0.1, 0.15) is 0 Å². The van der Waals surface area contributed by atoms with E-state index in [0.29, 0.717) is 11.3 Å². The van der Waals surface area contributed by atoms with Crippen LogP contribution in [0.15, 0.2) is 78.9 Å². The van der Waals surface area contributed by atoms with E-state index in [2.05, 4.69) is 94.7 Å². The van der Waals surface area contributed by atoms with Crippen LogP contribution < -0.4 is 0 Å². The molecule has 3 aliphatic carbocycles. The first-order valence-corrected chi connectivity index (χ1v) is 23.0. The lowest BCUT2D eigenvalue weighted by Crippen LogP contribution is -2.41. The summed E-state index contributed by atoms with van der Waals surface area (Å²) in [4.78, 5) is 5.31. The van der Waals surface area contributed by atoms with Crippen LogP contribution in [0.5, 0.6) is 0 Å². The van der Waals surface area contributed by atoms with Crippen LogP contribution in [0, 0.1) is 5.41 Å². The van der Waals surface area contributed by atoms with Gasteiger partial charge in [-0.1, -0.05) is 148 Å². The van der Waals surface area contributed by atoms with Gasteiger partial charge < -0.3 is 4.90 Å². The Labute approximate surface area is 335 Å². The smallest absolute Gasteiger partial charge is 0.0446 e. The molecule has 3 saturated carbocycles. The lowest BCUT2D eigenvalue weighted by atomic mass is 9.68. The van der Waals surface area contributed by atoms with Gasteiger partial charge in [0.05, 0.1) is 0 Å². The molecule has 0 radical (unpaired) electrons. The summed E-state index contributed by atoms with van der Waals surface area (Å²) in [6.07, 6.45) is 33.8. The molecule has 2 aliphatic heterocycles. The van der Waals surface area contributed by atoms with Gasteiger partial charge in [-0.3, -0.25) is 4.90 Å². The summed E-state index contributed by atoms with van der Waals surface area (Å²) < 4.78 is 0. The minimum atomic E-state index is 0.685. The summed E-state index contributed by atoms with van der Waals surface area (Å²) in [5, 5.41) is 0.973. The molecular weight excluding hydrogens is 676 g/mol. The molecule has 2 heterocycles. The van der Waals surface area contributed by atoms with E-state index in [4.69, 9.17) is 11.6 Å². The van der Waals surface area contributed by atoms with Crippen molar-refractivity contribution in [2.24, 2.45) is 5.41 Å². The van der Waals surface area contributed by atoms with Crippen LogP contribution >= 0.6 is 11.6 Å². The zero-order chi connectivity index (χ0) is 36.8. The van der Waals surface area contributed by atoms with Gasteiger partial charge in [-0.05, 0) is 167 Å². The van der Waals surface area contributed by atoms with Gasteiger partial charge in [0, 0.05) is 11.6 Å². The molecule has 0 unspecified atom stereocenters. The van der Waals surface area contributed by atoms with Crippen molar-refractivity contribution in [3.05, 3.63) is 112 Å². The second-order valence-corrected chi connectivity index (χ2v) is 18.5. The lowest BCUT2D eigenvalue weighted by molar-refractivity contribution is 0.0738. The maximum atomic E-state index is 6.63. The Morgan fingerprint density at radius 3 is 1.85 bits per heavy atom. The molecule has 0 amide bonds. The number of aryl methyl sites for hydroxylation is 1. The number of likely N-dealkylation sites (tertiary alicyclic amines) is 2. The van der Waals surface area contributed by atoms with E-state index < -0.39 is 0 Å². The number of nitrogens with zero attached hydrogens (tertiary/aromatic N) is 2. The van der Waals surface area contributed by atoms with Crippen LogP contribution in [0.25, 0.3) is 6.08 Å². The molecule has 2 saturated heterocycles. The summed E-state index contributed by atoms with van der Waals surface area (Å²) in [7, 11) is 0. The summed E-state index contributed by atoms with van der Waals surface area (Å²) in [6.45, 7) is 7.43. The third kappa shape index (κ3) is 11.6. The molecule has 292 valence electrons. The number of halogens is 1. The molecular formula is C51H71ClN2. The molecule has 5 aliphatic rings. The maximum Gasteiger partial charge on any atom is 0.0446 e. The van der Waals surface area contributed by atoms with Crippen molar-refractivity contribution in [2.45, 2.75) is 153 Å². The van der Waals surface area contributed by atoms with Gasteiger partial charge in [-0.2, -0.15) is 0 Å². The molecule has 8 rings (SSSR count). The standard InChI is InChI=1S/C26H35N.C25H36ClN/c1-3-9-23(10-4-1)25-15-13-22(14-16-25)8-7-19-27-20-17-26(18-21-27)24-11-5-2-6-12-24;26-24-20-21(11-12-23(24)22-9-3-1-4-10-22)8-7-17-27-18-15-25(16-19-27)13-5-2-6-14-25/h2,5-6,11-16,23,26H,1,3-4,7-10,17-21H2;7-8,11-12,20,22H,1-6,9-10,13-19H2/b;8-7-. The van der Waals surface area contributed by atoms with E-state index in [1.807, 2.05) is 0 Å². The Bertz CT molecular complexity index is 1530. The summed E-state index contributed by atoms with van der Waals surface area (Å²) in [5.74, 6) is 2.29. The third-order valence-corrected chi connectivity index (χ3v) is 14.8. The van der Waals surface area contributed by atoms with E-state index in [9.17, 15) is 0 Å². The van der Waals surface area contributed by atoms with Crippen LogP contribution in [0.4, 0.5) is 0 Å². The van der Waals surface area contributed by atoms with Gasteiger partial charge in [-0.15, -0.1) is 0 Å². The third-order valence-electron chi connectivity index (χ3n) is 14.4. The number of rotatable bonds is 10.